The van der Waals surface area contributed by atoms with Crippen LogP contribution in [-0.2, 0) is 13.1 Å². The summed E-state index contributed by atoms with van der Waals surface area (Å²) in [6.45, 7) is 12.7. The Labute approximate surface area is 118 Å². The molecule has 0 atom stereocenters. The molecular weight excluding hydrogens is 236 g/mol. The molecule has 0 aromatic carbocycles. The predicted octanol–water partition coefficient (Wildman–Crippen LogP) is 3.79. The maximum absolute atomic E-state index is 5.88. The first-order valence-electron chi connectivity index (χ1n) is 7.38. The van der Waals surface area contributed by atoms with Crippen molar-refractivity contribution in [2.75, 3.05) is 7.05 Å². The van der Waals surface area contributed by atoms with E-state index in [2.05, 4.69) is 64.0 Å². The molecule has 1 rings (SSSR count). The van der Waals surface area contributed by atoms with E-state index in [1.807, 2.05) is 0 Å². The highest BCUT2D eigenvalue weighted by atomic mass is 16.3. The molecule has 0 amide bonds. The quantitative estimate of drug-likeness (QED) is 0.814. The number of rotatable bonds is 7. The van der Waals surface area contributed by atoms with Gasteiger partial charge < -0.3 is 9.73 Å². The normalized spacial score (nSPS) is 12.6. The lowest BCUT2D eigenvalue weighted by molar-refractivity contribution is 0.203. The van der Waals surface area contributed by atoms with E-state index < -0.39 is 0 Å². The molecule has 0 radical (unpaired) electrons. The van der Waals surface area contributed by atoms with Crippen molar-refractivity contribution in [3.05, 3.63) is 23.7 Å². The van der Waals surface area contributed by atoms with Crippen LogP contribution in [0.2, 0.25) is 0 Å². The van der Waals surface area contributed by atoms with E-state index in [9.17, 15) is 0 Å². The highest BCUT2D eigenvalue weighted by molar-refractivity contribution is 5.07. The van der Waals surface area contributed by atoms with E-state index in [1.165, 1.54) is 12.8 Å². The van der Waals surface area contributed by atoms with Gasteiger partial charge in [0.2, 0.25) is 0 Å². The minimum Gasteiger partial charge on any atom is -0.463 e. The van der Waals surface area contributed by atoms with Crippen molar-refractivity contribution in [1.82, 2.24) is 10.2 Å². The topological polar surface area (TPSA) is 28.4 Å². The Hall–Kier alpha value is -0.800. The van der Waals surface area contributed by atoms with E-state index in [0.29, 0.717) is 6.04 Å². The molecule has 110 valence electrons. The van der Waals surface area contributed by atoms with Crippen molar-refractivity contribution in [2.24, 2.45) is 0 Å². The minimum atomic E-state index is 0.124. The summed E-state index contributed by atoms with van der Waals surface area (Å²) in [5.74, 6) is 2.07. The Bertz CT molecular complexity index is 361. The van der Waals surface area contributed by atoms with Crippen LogP contribution in [0.1, 0.15) is 59.0 Å². The zero-order chi connectivity index (χ0) is 14.5. The molecule has 19 heavy (non-hydrogen) atoms. The van der Waals surface area contributed by atoms with Gasteiger partial charge in [0, 0.05) is 11.6 Å². The van der Waals surface area contributed by atoms with Crippen molar-refractivity contribution >= 4 is 0 Å². The molecule has 0 spiro atoms. The fourth-order valence-corrected chi connectivity index (χ4v) is 2.24. The molecule has 0 saturated carbocycles. The van der Waals surface area contributed by atoms with Crippen LogP contribution >= 0.6 is 0 Å². The maximum Gasteiger partial charge on any atom is 0.118 e. The van der Waals surface area contributed by atoms with E-state index in [-0.39, 0.29) is 5.54 Å². The smallest absolute Gasteiger partial charge is 0.118 e. The average Bonchev–Trinajstić information content (AvgIpc) is 2.75. The van der Waals surface area contributed by atoms with Gasteiger partial charge in [-0.2, -0.15) is 0 Å². The lowest BCUT2D eigenvalue weighted by atomic mass is 10.1. The zero-order valence-corrected chi connectivity index (χ0v) is 13.4. The molecule has 1 aromatic rings. The summed E-state index contributed by atoms with van der Waals surface area (Å²) in [5.41, 5.74) is 0.124. The third-order valence-electron chi connectivity index (χ3n) is 3.48. The molecule has 0 bridgehead atoms. The molecule has 3 heteroatoms. The van der Waals surface area contributed by atoms with Gasteiger partial charge in [-0.25, -0.2) is 0 Å². The first-order valence-corrected chi connectivity index (χ1v) is 7.38. The van der Waals surface area contributed by atoms with Gasteiger partial charge >= 0.3 is 0 Å². The van der Waals surface area contributed by atoms with Gasteiger partial charge in [0.05, 0.1) is 13.1 Å². The monoisotopic (exact) mass is 266 g/mol. The van der Waals surface area contributed by atoms with Crippen LogP contribution in [0, 0.1) is 0 Å². The number of hydrogen-bond acceptors (Lipinski definition) is 3. The van der Waals surface area contributed by atoms with Crippen LogP contribution in [0.4, 0.5) is 0 Å². The molecule has 0 fully saturated rings. The molecule has 1 heterocycles. The number of nitrogens with zero attached hydrogens (tertiary/aromatic N) is 1. The largest absolute Gasteiger partial charge is 0.463 e. The van der Waals surface area contributed by atoms with Gasteiger partial charge in [-0.3, -0.25) is 4.90 Å². The second kappa shape index (κ2) is 7.11. The van der Waals surface area contributed by atoms with Crippen molar-refractivity contribution < 1.29 is 4.42 Å². The molecular formula is C16H30N2O. The van der Waals surface area contributed by atoms with E-state index in [0.717, 1.165) is 24.6 Å². The van der Waals surface area contributed by atoms with Gasteiger partial charge in [-0.1, -0.05) is 13.8 Å². The van der Waals surface area contributed by atoms with Crippen molar-refractivity contribution in [1.29, 1.82) is 0 Å². The Morgan fingerprint density at radius 2 is 1.74 bits per heavy atom. The standard InChI is InChI=1S/C16H30N2O/c1-7-13(8-2)18(6)12-15-10-9-14(19-15)11-17-16(3,4)5/h9-10,13,17H,7-8,11-12H2,1-6H3. The lowest BCUT2D eigenvalue weighted by Gasteiger charge is -2.24. The van der Waals surface area contributed by atoms with Gasteiger partial charge in [-0.05, 0) is 52.8 Å². The highest BCUT2D eigenvalue weighted by Gasteiger charge is 2.14. The van der Waals surface area contributed by atoms with Crippen LogP contribution in [-0.4, -0.2) is 23.5 Å². The summed E-state index contributed by atoms with van der Waals surface area (Å²) in [6, 6.07) is 4.81. The number of nitrogens with one attached hydrogen (secondary N) is 1. The fourth-order valence-electron chi connectivity index (χ4n) is 2.24. The molecule has 1 N–H and O–H groups in total. The average molecular weight is 266 g/mol. The van der Waals surface area contributed by atoms with Crippen molar-refractivity contribution in [3.63, 3.8) is 0 Å². The maximum atomic E-state index is 5.88. The molecule has 0 saturated heterocycles. The lowest BCUT2D eigenvalue weighted by Crippen LogP contribution is -2.34. The second-order valence-electron chi connectivity index (χ2n) is 6.36. The Balaban J connectivity index is 2.50. The van der Waals surface area contributed by atoms with Crippen LogP contribution in [0.3, 0.4) is 0 Å². The van der Waals surface area contributed by atoms with Gasteiger partial charge in [0.15, 0.2) is 0 Å². The Morgan fingerprint density at radius 3 is 2.26 bits per heavy atom. The summed E-state index contributed by atoms with van der Waals surface area (Å²) >= 11 is 0. The number of hydrogen-bond donors (Lipinski definition) is 1. The minimum absolute atomic E-state index is 0.124. The number of furan rings is 1. The van der Waals surface area contributed by atoms with Gasteiger partial charge in [0.1, 0.15) is 11.5 Å². The SMILES string of the molecule is CCC(CC)N(C)Cc1ccc(CNC(C)(C)C)o1. The van der Waals surface area contributed by atoms with Crippen LogP contribution < -0.4 is 5.32 Å². The van der Waals surface area contributed by atoms with Gasteiger partial charge in [0.25, 0.3) is 0 Å². The zero-order valence-electron chi connectivity index (χ0n) is 13.4. The summed E-state index contributed by atoms with van der Waals surface area (Å²) in [5, 5.41) is 3.44. The highest BCUT2D eigenvalue weighted by Crippen LogP contribution is 2.14. The summed E-state index contributed by atoms with van der Waals surface area (Å²) < 4.78 is 5.88. The third-order valence-corrected chi connectivity index (χ3v) is 3.48. The third kappa shape index (κ3) is 5.79. The van der Waals surface area contributed by atoms with E-state index in [1.54, 1.807) is 0 Å². The first-order chi connectivity index (χ1) is 8.85. The summed E-state index contributed by atoms with van der Waals surface area (Å²) in [4.78, 5) is 2.37. The van der Waals surface area contributed by atoms with E-state index >= 15 is 0 Å². The second-order valence-corrected chi connectivity index (χ2v) is 6.36. The summed E-state index contributed by atoms with van der Waals surface area (Å²) in [6.07, 6.45) is 2.37. The van der Waals surface area contributed by atoms with Crippen LogP contribution in [0.25, 0.3) is 0 Å². The fraction of sp³-hybridized carbons (Fsp3) is 0.750. The molecule has 3 nitrogen and oxygen atoms in total. The molecule has 0 aliphatic heterocycles. The van der Waals surface area contributed by atoms with Gasteiger partial charge in [-0.15, -0.1) is 0 Å². The molecule has 1 aromatic heterocycles. The van der Waals surface area contributed by atoms with E-state index in [4.69, 9.17) is 4.42 Å². The molecule has 0 aliphatic carbocycles. The van der Waals surface area contributed by atoms with Crippen LogP contribution in [0.15, 0.2) is 16.5 Å². The molecule has 0 aliphatic rings. The Morgan fingerprint density at radius 1 is 1.16 bits per heavy atom. The molecule has 0 unspecified atom stereocenters. The Kier molecular flexibility index (Phi) is 6.08. The van der Waals surface area contributed by atoms with Crippen LogP contribution in [0.5, 0.6) is 0 Å². The first kappa shape index (κ1) is 16.3. The summed E-state index contributed by atoms with van der Waals surface area (Å²) in [7, 11) is 2.17. The van der Waals surface area contributed by atoms with Crippen molar-refractivity contribution in [2.45, 2.75) is 72.1 Å². The predicted molar refractivity (Wildman–Crippen MR) is 81.1 cm³/mol. The van der Waals surface area contributed by atoms with Crippen molar-refractivity contribution in [3.8, 4) is 0 Å².